The molecule has 0 bridgehead atoms. The zero-order valence-electron chi connectivity index (χ0n) is 32.4. The van der Waals surface area contributed by atoms with E-state index in [1.807, 2.05) is 13.0 Å². The van der Waals surface area contributed by atoms with Gasteiger partial charge in [-0.3, -0.25) is 34.7 Å². The number of carbonyl (C=O) groups is 5. The second-order valence-electron chi connectivity index (χ2n) is 17.2. The lowest BCUT2D eigenvalue weighted by Gasteiger charge is -2.60. The van der Waals surface area contributed by atoms with Crippen molar-refractivity contribution in [3.8, 4) is 17.0 Å². The van der Waals surface area contributed by atoms with Gasteiger partial charge in [0.2, 0.25) is 17.7 Å². The summed E-state index contributed by atoms with van der Waals surface area (Å²) in [5.41, 5.74) is 4.72. The van der Waals surface area contributed by atoms with Gasteiger partial charge in [-0.25, -0.2) is 19.2 Å². The van der Waals surface area contributed by atoms with Gasteiger partial charge < -0.3 is 25.0 Å². The molecule has 7 aliphatic rings. The van der Waals surface area contributed by atoms with Crippen molar-refractivity contribution in [2.24, 2.45) is 23.2 Å². The minimum atomic E-state index is -1.21. The van der Waals surface area contributed by atoms with E-state index in [0.717, 1.165) is 52.7 Å². The molecule has 5 fully saturated rings. The zero-order chi connectivity index (χ0) is 40.7. The molecule has 3 saturated heterocycles. The van der Waals surface area contributed by atoms with Crippen LogP contribution in [0.5, 0.6) is 5.88 Å². The van der Waals surface area contributed by atoms with Crippen LogP contribution in [0.25, 0.3) is 21.9 Å². The average Bonchev–Trinajstić information content (AvgIpc) is 3.71. The van der Waals surface area contributed by atoms with Gasteiger partial charge in [-0.2, -0.15) is 0 Å². The van der Waals surface area contributed by atoms with Gasteiger partial charge in [0.25, 0.3) is 11.8 Å². The van der Waals surface area contributed by atoms with E-state index in [4.69, 9.17) is 9.84 Å². The summed E-state index contributed by atoms with van der Waals surface area (Å²) < 4.78 is 20.2. The molecule has 7 heterocycles. The SMILES string of the molecule is Cc1c(-c2cc3cc(NC(=O)O)ncc3cc2F)cnc2c1NCCO2.O=C1CCC(N2C(=O)c3ccc(N4CC5(CC(CN6C[C@H]7C[C@H]7C6)C5)C4)cc3C2=O)C(=O)N1. The normalized spacial score (nSPS) is 23.9. The number of hydrogen-bond acceptors (Lipinski definition) is 11. The van der Waals surface area contributed by atoms with Crippen LogP contribution < -0.4 is 25.6 Å². The molecule has 2 aliphatic carbocycles. The molecule has 15 nitrogen and oxygen atoms in total. The summed E-state index contributed by atoms with van der Waals surface area (Å²) in [4.78, 5) is 74.7. The summed E-state index contributed by atoms with van der Waals surface area (Å²) in [6.07, 6.45) is 6.16. The highest BCUT2D eigenvalue weighted by molar-refractivity contribution is 6.23. The maximum Gasteiger partial charge on any atom is 0.410 e. The number of nitrogens with one attached hydrogen (secondary N) is 3. The Bertz CT molecular complexity index is 2470. The molecule has 4 aromatic rings. The number of fused-ring (bicyclic) bond motifs is 4. The molecule has 2 saturated carbocycles. The van der Waals surface area contributed by atoms with Gasteiger partial charge in [0.05, 0.1) is 11.1 Å². The first-order valence-corrected chi connectivity index (χ1v) is 20.2. The number of carboxylic acid groups (broad SMARTS) is 1. The number of hydrogen-bond donors (Lipinski definition) is 4. The molecule has 0 radical (unpaired) electrons. The number of piperidine rings is 2. The molecule has 2 aromatic carbocycles. The van der Waals surface area contributed by atoms with Crippen LogP contribution in [-0.4, -0.2) is 107 Å². The smallest absolute Gasteiger partial charge is 0.410 e. The molecule has 59 heavy (non-hydrogen) atoms. The van der Waals surface area contributed by atoms with Crippen molar-refractivity contribution in [1.82, 2.24) is 25.1 Å². The summed E-state index contributed by atoms with van der Waals surface area (Å²) in [7, 11) is 0. The molecule has 1 unspecified atom stereocenters. The Balaban J connectivity index is 0.000000147. The molecule has 1 spiro atoms. The third-order valence-electron chi connectivity index (χ3n) is 13.1. The molecular weight excluding hydrogens is 760 g/mol. The molecule has 4 N–H and O–H groups in total. The van der Waals surface area contributed by atoms with Gasteiger partial charge in [0.15, 0.2) is 0 Å². The van der Waals surface area contributed by atoms with Crippen LogP contribution in [0, 0.1) is 35.9 Å². The Kier molecular flexibility index (Phi) is 8.81. The second-order valence-corrected chi connectivity index (χ2v) is 17.2. The molecule has 5 aliphatic heterocycles. The zero-order valence-corrected chi connectivity index (χ0v) is 32.4. The monoisotopic (exact) mass is 802 g/mol. The first-order valence-electron chi connectivity index (χ1n) is 20.2. The molecular formula is C43H43FN8O7. The number of imide groups is 2. The molecule has 304 valence electrons. The lowest BCUT2D eigenvalue weighted by Crippen LogP contribution is -2.63. The predicted molar refractivity (Wildman–Crippen MR) is 214 cm³/mol. The number of ether oxygens (including phenoxy) is 1. The number of benzene rings is 2. The molecule has 5 amide bonds. The summed E-state index contributed by atoms with van der Waals surface area (Å²) >= 11 is 0. The van der Waals surface area contributed by atoms with Gasteiger partial charge in [-0.15, -0.1) is 0 Å². The Hall–Kier alpha value is -6.16. The fourth-order valence-electron chi connectivity index (χ4n) is 10.2. The maximum absolute atomic E-state index is 14.7. The van der Waals surface area contributed by atoms with Gasteiger partial charge in [-0.1, -0.05) is 0 Å². The standard InChI is InChI=1S/C25H28N4O4.C18H15FN4O3/c30-21-4-3-20(22(31)26-21)29-23(32)18-2-1-17(6-19(18)24(29)33)28-12-25(13-28)7-14(8-25)9-27-10-15-5-16(15)11-27;1-9-13(8-22-17-16(9)20-2-3-26-17)12-4-10-6-15(23-18(24)25)21-7-11(10)5-14(12)19/h1-2,6,14-16,20H,3-5,7-13H2,(H,26,30,31);4-8,20H,2-3H2,1H3,(H,21,23)(H,24,25)/t15-,16+,20?;. The number of pyridine rings is 2. The van der Waals surface area contributed by atoms with E-state index in [1.165, 1.54) is 51.2 Å². The topological polar surface area (TPSA) is 186 Å². The van der Waals surface area contributed by atoms with Crippen molar-refractivity contribution in [2.45, 2.75) is 45.1 Å². The number of amides is 5. The summed E-state index contributed by atoms with van der Waals surface area (Å²) in [6.45, 7) is 8.99. The van der Waals surface area contributed by atoms with E-state index in [0.29, 0.717) is 57.5 Å². The number of halogens is 1. The Morgan fingerprint density at radius 3 is 2.51 bits per heavy atom. The second kappa shape index (κ2) is 14.0. The van der Waals surface area contributed by atoms with Crippen molar-refractivity contribution in [2.75, 3.05) is 61.4 Å². The van der Waals surface area contributed by atoms with E-state index in [1.54, 1.807) is 30.5 Å². The molecule has 16 heteroatoms. The van der Waals surface area contributed by atoms with E-state index in [2.05, 4.69) is 35.7 Å². The van der Waals surface area contributed by atoms with Crippen LogP contribution in [-0.2, 0) is 9.59 Å². The van der Waals surface area contributed by atoms with Gasteiger partial charge in [-0.05, 0) is 97.7 Å². The van der Waals surface area contributed by atoms with Crippen molar-refractivity contribution in [3.63, 3.8) is 0 Å². The van der Waals surface area contributed by atoms with Crippen molar-refractivity contribution in [3.05, 3.63) is 71.3 Å². The van der Waals surface area contributed by atoms with Crippen LogP contribution in [0.3, 0.4) is 0 Å². The Labute approximate surface area is 338 Å². The minimum absolute atomic E-state index is 0.130. The summed E-state index contributed by atoms with van der Waals surface area (Å²) in [5, 5.41) is 17.7. The molecule has 11 rings (SSSR count). The third kappa shape index (κ3) is 6.68. The number of rotatable bonds is 6. The molecule has 3 atom stereocenters. The first-order chi connectivity index (χ1) is 28.4. The van der Waals surface area contributed by atoms with Gasteiger partial charge in [0, 0.05) is 85.7 Å². The highest BCUT2D eigenvalue weighted by Gasteiger charge is 2.54. The number of likely N-dealkylation sites (tertiary alicyclic amines) is 1. The van der Waals surface area contributed by atoms with Crippen molar-refractivity contribution in [1.29, 1.82) is 0 Å². The molecule has 2 aromatic heterocycles. The fraction of sp³-hybridized carbons (Fsp3) is 0.419. The van der Waals surface area contributed by atoms with Crippen LogP contribution in [0.4, 0.5) is 26.4 Å². The quantitative estimate of drug-likeness (QED) is 0.194. The third-order valence-corrected chi connectivity index (χ3v) is 13.1. The van der Waals surface area contributed by atoms with Crippen molar-refractivity contribution < 1.29 is 38.2 Å². The lowest BCUT2D eigenvalue weighted by atomic mass is 9.57. The van der Waals surface area contributed by atoms with E-state index in [9.17, 15) is 28.4 Å². The summed E-state index contributed by atoms with van der Waals surface area (Å²) in [5.74, 6) is 1.29. The average molecular weight is 803 g/mol. The van der Waals surface area contributed by atoms with Crippen LogP contribution >= 0.6 is 0 Å². The maximum atomic E-state index is 14.7. The summed E-state index contributed by atoms with van der Waals surface area (Å²) in [6, 6.07) is 9.13. The fourth-order valence-corrected chi connectivity index (χ4v) is 10.2. The largest absolute Gasteiger partial charge is 0.474 e. The number of aromatic nitrogens is 2. The van der Waals surface area contributed by atoms with E-state index >= 15 is 0 Å². The Morgan fingerprint density at radius 1 is 0.966 bits per heavy atom. The number of carbonyl (C=O) groups excluding carboxylic acids is 4. The van der Waals surface area contributed by atoms with Crippen LogP contribution in [0.2, 0.25) is 0 Å². The van der Waals surface area contributed by atoms with E-state index in [-0.39, 0.29) is 24.6 Å². The van der Waals surface area contributed by atoms with Crippen LogP contribution in [0.15, 0.2) is 48.8 Å². The Morgan fingerprint density at radius 2 is 1.75 bits per heavy atom. The highest BCUT2D eigenvalue weighted by Crippen LogP contribution is 2.54. The van der Waals surface area contributed by atoms with Crippen molar-refractivity contribution >= 4 is 57.7 Å². The number of anilines is 3. The van der Waals surface area contributed by atoms with Crippen LogP contribution in [0.1, 0.15) is 58.4 Å². The lowest BCUT2D eigenvalue weighted by molar-refractivity contribution is -0.136. The van der Waals surface area contributed by atoms with Gasteiger partial charge in [0.1, 0.15) is 30.0 Å². The number of nitrogens with zero attached hydrogens (tertiary/aromatic N) is 5. The van der Waals surface area contributed by atoms with Gasteiger partial charge >= 0.3 is 6.09 Å². The first kappa shape index (κ1) is 37.1. The minimum Gasteiger partial charge on any atom is -0.474 e. The predicted octanol–water partition coefficient (Wildman–Crippen LogP) is 4.89. The highest BCUT2D eigenvalue weighted by atomic mass is 19.1. The van der Waals surface area contributed by atoms with E-state index < -0.39 is 35.7 Å².